The fourth-order valence-electron chi connectivity index (χ4n) is 3.28. The standard InChI is InChI=1S/C25H28N2O/c1-2-26(20-22-12-6-3-7-13-22)19-18-25(28)27(24-16-10-5-11-17-24)21-23-14-8-4-9-15-23/h3-17H,2,18-21H2,1H3. The molecule has 0 bridgehead atoms. The van der Waals surface area contributed by atoms with Gasteiger partial charge in [0, 0.05) is 25.2 Å². The van der Waals surface area contributed by atoms with Crippen LogP contribution in [0.4, 0.5) is 5.69 Å². The molecule has 3 rings (SSSR count). The second-order valence-electron chi connectivity index (χ2n) is 6.91. The summed E-state index contributed by atoms with van der Waals surface area (Å²) >= 11 is 0. The van der Waals surface area contributed by atoms with Gasteiger partial charge in [-0.15, -0.1) is 0 Å². The Hall–Kier alpha value is -2.91. The molecule has 0 aliphatic rings. The van der Waals surface area contributed by atoms with Crippen molar-refractivity contribution in [2.75, 3.05) is 18.0 Å². The topological polar surface area (TPSA) is 23.6 Å². The number of nitrogens with zero attached hydrogens (tertiary/aromatic N) is 2. The third-order valence-corrected chi connectivity index (χ3v) is 4.89. The lowest BCUT2D eigenvalue weighted by molar-refractivity contribution is -0.119. The van der Waals surface area contributed by atoms with Gasteiger partial charge in [0.05, 0.1) is 6.54 Å². The number of para-hydroxylation sites is 1. The smallest absolute Gasteiger partial charge is 0.228 e. The Labute approximate surface area is 168 Å². The van der Waals surface area contributed by atoms with Crippen LogP contribution in [0, 0.1) is 0 Å². The SMILES string of the molecule is CCN(CCC(=O)N(Cc1ccccc1)c1ccccc1)Cc1ccccc1. The maximum absolute atomic E-state index is 13.1. The van der Waals surface area contributed by atoms with Gasteiger partial charge in [0.2, 0.25) is 5.91 Å². The van der Waals surface area contributed by atoms with Crippen molar-refractivity contribution < 1.29 is 4.79 Å². The Morgan fingerprint density at radius 3 is 1.75 bits per heavy atom. The van der Waals surface area contributed by atoms with Gasteiger partial charge in [-0.3, -0.25) is 9.69 Å². The summed E-state index contributed by atoms with van der Waals surface area (Å²) in [5.74, 6) is 0.154. The summed E-state index contributed by atoms with van der Waals surface area (Å²) in [5, 5.41) is 0. The number of carbonyl (C=O) groups excluding carboxylic acids is 1. The molecule has 3 aromatic carbocycles. The highest BCUT2D eigenvalue weighted by Crippen LogP contribution is 2.18. The van der Waals surface area contributed by atoms with Crippen LogP contribution in [-0.4, -0.2) is 23.9 Å². The van der Waals surface area contributed by atoms with E-state index in [1.807, 2.05) is 59.5 Å². The van der Waals surface area contributed by atoms with Crippen LogP contribution < -0.4 is 4.90 Å². The van der Waals surface area contributed by atoms with Crippen molar-refractivity contribution in [3.8, 4) is 0 Å². The lowest BCUT2D eigenvalue weighted by Crippen LogP contribution is -2.34. The van der Waals surface area contributed by atoms with Crippen molar-refractivity contribution in [1.29, 1.82) is 0 Å². The summed E-state index contributed by atoms with van der Waals surface area (Å²) in [6.07, 6.45) is 0.502. The molecule has 0 aliphatic heterocycles. The molecular formula is C25H28N2O. The van der Waals surface area contributed by atoms with Gasteiger partial charge >= 0.3 is 0 Å². The van der Waals surface area contributed by atoms with Crippen LogP contribution >= 0.6 is 0 Å². The highest BCUT2D eigenvalue weighted by molar-refractivity contribution is 5.93. The molecule has 0 aromatic heterocycles. The molecule has 1 amide bonds. The molecule has 0 aliphatic carbocycles. The average molecular weight is 373 g/mol. The minimum atomic E-state index is 0.154. The molecule has 0 N–H and O–H groups in total. The fourth-order valence-corrected chi connectivity index (χ4v) is 3.28. The summed E-state index contributed by atoms with van der Waals surface area (Å²) in [6.45, 7) is 5.28. The Kier molecular flexibility index (Phi) is 7.39. The van der Waals surface area contributed by atoms with Crippen LogP contribution in [0.1, 0.15) is 24.5 Å². The molecule has 144 valence electrons. The molecule has 0 saturated heterocycles. The van der Waals surface area contributed by atoms with Gasteiger partial charge in [0.1, 0.15) is 0 Å². The fraction of sp³-hybridized carbons (Fsp3) is 0.240. The van der Waals surface area contributed by atoms with E-state index < -0.39 is 0 Å². The zero-order valence-electron chi connectivity index (χ0n) is 16.5. The van der Waals surface area contributed by atoms with Crippen molar-refractivity contribution in [1.82, 2.24) is 4.90 Å². The maximum Gasteiger partial charge on any atom is 0.228 e. The minimum Gasteiger partial charge on any atom is -0.308 e. The summed E-state index contributed by atoms with van der Waals surface area (Å²) in [7, 11) is 0. The molecule has 0 saturated carbocycles. The van der Waals surface area contributed by atoms with Crippen LogP contribution in [0.5, 0.6) is 0 Å². The number of rotatable bonds is 9. The number of benzene rings is 3. The highest BCUT2D eigenvalue weighted by atomic mass is 16.2. The van der Waals surface area contributed by atoms with Crippen LogP contribution in [0.3, 0.4) is 0 Å². The van der Waals surface area contributed by atoms with E-state index in [4.69, 9.17) is 0 Å². The second-order valence-corrected chi connectivity index (χ2v) is 6.91. The molecule has 28 heavy (non-hydrogen) atoms. The molecule has 0 atom stereocenters. The van der Waals surface area contributed by atoms with Crippen molar-refractivity contribution in [2.45, 2.75) is 26.4 Å². The molecule has 0 spiro atoms. The first kappa shape index (κ1) is 19.8. The Bertz CT molecular complexity index is 834. The van der Waals surface area contributed by atoms with E-state index in [-0.39, 0.29) is 5.91 Å². The largest absolute Gasteiger partial charge is 0.308 e. The molecule has 3 aromatic rings. The van der Waals surface area contributed by atoms with Gasteiger partial charge in [0.15, 0.2) is 0 Å². The molecule has 3 heteroatoms. The van der Waals surface area contributed by atoms with E-state index in [1.54, 1.807) is 0 Å². The van der Waals surface area contributed by atoms with Crippen molar-refractivity contribution in [3.05, 3.63) is 102 Å². The van der Waals surface area contributed by atoms with E-state index in [2.05, 4.69) is 48.2 Å². The summed E-state index contributed by atoms with van der Waals surface area (Å²) in [5.41, 5.74) is 3.36. The number of hydrogen-bond donors (Lipinski definition) is 0. The van der Waals surface area contributed by atoms with Gasteiger partial charge in [-0.1, -0.05) is 85.8 Å². The van der Waals surface area contributed by atoms with Gasteiger partial charge < -0.3 is 4.90 Å². The number of anilines is 1. The average Bonchev–Trinajstić information content (AvgIpc) is 2.76. The van der Waals surface area contributed by atoms with E-state index in [0.717, 1.165) is 30.9 Å². The first-order chi connectivity index (χ1) is 13.8. The molecular weight excluding hydrogens is 344 g/mol. The van der Waals surface area contributed by atoms with Gasteiger partial charge in [-0.2, -0.15) is 0 Å². The van der Waals surface area contributed by atoms with Crippen LogP contribution in [-0.2, 0) is 17.9 Å². The Balaban J connectivity index is 1.66. The predicted molar refractivity (Wildman–Crippen MR) is 116 cm³/mol. The van der Waals surface area contributed by atoms with Crippen molar-refractivity contribution in [2.24, 2.45) is 0 Å². The van der Waals surface area contributed by atoms with E-state index in [9.17, 15) is 4.79 Å². The summed E-state index contributed by atoms with van der Waals surface area (Å²) < 4.78 is 0. The Morgan fingerprint density at radius 1 is 0.714 bits per heavy atom. The van der Waals surface area contributed by atoms with Crippen LogP contribution in [0.25, 0.3) is 0 Å². The minimum absolute atomic E-state index is 0.154. The van der Waals surface area contributed by atoms with E-state index >= 15 is 0 Å². The normalized spacial score (nSPS) is 10.8. The number of hydrogen-bond acceptors (Lipinski definition) is 2. The predicted octanol–water partition coefficient (Wildman–Crippen LogP) is 5.13. The van der Waals surface area contributed by atoms with Gasteiger partial charge in [-0.05, 0) is 29.8 Å². The van der Waals surface area contributed by atoms with Crippen LogP contribution in [0.2, 0.25) is 0 Å². The van der Waals surface area contributed by atoms with E-state index in [0.29, 0.717) is 13.0 Å². The molecule has 0 radical (unpaired) electrons. The van der Waals surface area contributed by atoms with Gasteiger partial charge in [-0.25, -0.2) is 0 Å². The van der Waals surface area contributed by atoms with E-state index in [1.165, 1.54) is 5.56 Å². The number of amides is 1. The van der Waals surface area contributed by atoms with Crippen molar-refractivity contribution >= 4 is 11.6 Å². The highest BCUT2D eigenvalue weighted by Gasteiger charge is 2.17. The molecule has 0 unspecified atom stereocenters. The zero-order valence-corrected chi connectivity index (χ0v) is 16.5. The molecule has 3 nitrogen and oxygen atoms in total. The quantitative estimate of drug-likeness (QED) is 0.520. The monoisotopic (exact) mass is 372 g/mol. The van der Waals surface area contributed by atoms with Crippen molar-refractivity contribution in [3.63, 3.8) is 0 Å². The second kappa shape index (κ2) is 10.4. The molecule has 0 heterocycles. The third-order valence-electron chi connectivity index (χ3n) is 4.89. The lowest BCUT2D eigenvalue weighted by atomic mass is 10.1. The molecule has 0 fully saturated rings. The van der Waals surface area contributed by atoms with Crippen LogP contribution in [0.15, 0.2) is 91.0 Å². The maximum atomic E-state index is 13.1. The lowest BCUT2D eigenvalue weighted by Gasteiger charge is -2.25. The Morgan fingerprint density at radius 2 is 1.21 bits per heavy atom. The first-order valence-corrected chi connectivity index (χ1v) is 9.92. The number of carbonyl (C=O) groups is 1. The zero-order chi connectivity index (χ0) is 19.6. The van der Waals surface area contributed by atoms with Gasteiger partial charge in [0.25, 0.3) is 0 Å². The summed E-state index contributed by atoms with van der Waals surface area (Å²) in [4.78, 5) is 17.3. The first-order valence-electron chi connectivity index (χ1n) is 9.92. The summed E-state index contributed by atoms with van der Waals surface area (Å²) in [6, 6.07) is 30.5. The third kappa shape index (κ3) is 5.80.